The van der Waals surface area contributed by atoms with Crippen molar-refractivity contribution in [3.63, 3.8) is 0 Å². The summed E-state index contributed by atoms with van der Waals surface area (Å²) in [5.41, 5.74) is -0.116. The van der Waals surface area contributed by atoms with Gasteiger partial charge in [0.05, 0.1) is 18.8 Å². The fourth-order valence-electron chi connectivity index (χ4n) is 3.65. The van der Waals surface area contributed by atoms with Crippen LogP contribution in [-0.2, 0) is 4.74 Å². The van der Waals surface area contributed by atoms with Gasteiger partial charge in [-0.25, -0.2) is 4.98 Å². The quantitative estimate of drug-likeness (QED) is 0.799. The monoisotopic (exact) mass is 333 g/mol. The van der Waals surface area contributed by atoms with Crippen molar-refractivity contribution in [3.8, 4) is 0 Å². The Labute approximate surface area is 137 Å². The van der Waals surface area contributed by atoms with E-state index in [0.717, 1.165) is 30.6 Å². The lowest BCUT2D eigenvalue weighted by atomic mass is 9.90. The first-order valence-electron chi connectivity index (χ1n) is 8.05. The molecule has 2 atom stereocenters. The fourth-order valence-corrected chi connectivity index (χ4v) is 4.43. The molecular weight excluding hydrogens is 314 g/mol. The number of nitrogens with zero attached hydrogens (tertiary/aromatic N) is 3. The number of aromatic nitrogens is 2. The number of amides is 1. The van der Waals surface area contributed by atoms with E-state index in [1.165, 1.54) is 21.9 Å². The van der Waals surface area contributed by atoms with Crippen LogP contribution >= 0.6 is 11.3 Å². The van der Waals surface area contributed by atoms with E-state index < -0.39 is 0 Å². The molecule has 0 aromatic carbocycles. The summed E-state index contributed by atoms with van der Waals surface area (Å²) in [6, 6.07) is 0.0920. The van der Waals surface area contributed by atoms with Gasteiger partial charge in [0.25, 0.3) is 11.5 Å². The predicted molar refractivity (Wildman–Crippen MR) is 87.1 cm³/mol. The topological polar surface area (TPSA) is 63.9 Å². The first kappa shape index (κ1) is 14.8. The third-order valence-electron chi connectivity index (χ3n) is 4.75. The smallest absolute Gasteiger partial charge is 0.271 e. The summed E-state index contributed by atoms with van der Waals surface area (Å²) in [6.45, 7) is 3.02. The zero-order valence-corrected chi connectivity index (χ0v) is 13.8. The number of carbonyl (C=O) groups is 1. The molecule has 7 heteroatoms. The molecule has 1 aliphatic heterocycles. The number of aryl methyl sites for hydroxylation is 1. The van der Waals surface area contributed by atoms with Gasteiger partial charge in [-0.2, -0.15) is 0 Å². The van der Waals surface area contributed by atoms with Crippen LogP contribution < -0.4 is 5.56 Å². The molecule has 2 aromatic rings. The molecule has 0 radical (unpaired) electrons. The van der Waals surface area contributed by atoms with Crippen LogP contribution in [0.15, 0.2) is 17.2 Å². The minimum atomic E-state index is -0.275. The molecule has 6 nitrogen and oxygen atoms in total. The lowest BCUT2D eigenvalue weighted by molar-refractivity contribution is -0.0753. The highest BCUT2D eigenvalue weighted by Crippen LogP contribution is 2.29. The van der Waals surface area contributed by atoms with E-state index >= 15 is 0 Å². The Morgan fingerprint density at radius 1 is 1.39 bits per heavy atom. The van der Waals surface area contributed by atoms with E-state index in [1.807, 2.05) is 11.8 Å². The predicted octanol–water partition coefficient (Wildman–Crippen LogP) is 1.85. The van der Waals surface area contributed by atoms with Crippen molar-refractivity contribution in [1.82, 2.24) is 14.3 Å². The summed E-state index contributed by atoms with van der Waals surface area (Å²) in [7, 11) is 0. The Morgan fingerprint density at radius 2 is 2.22 bits per heavy atom. The number of fused-ring (bicyclic) bond motifs is 2. The molecule has 2 aliphatic rings. The third-order valence-corrected chi connectivity index (χ3v) is 5.66. The van der Waals surface area contributed by atoms with E-state index in [4.69, 9.17) is 4.74 Å². The number of rotatable bonds is 1. The molecule has 122 valence electrons. The summed E-state index contributed by atoms with van der Waals surface area (Å²) >= 11 is 1.45. The van der Waals surface area contributed by atoms with E-state index in [2.05, 4.69) is 4.98 Å². The third kappa shape index (κ3) is 2.48. The number of morpholine rings is 1. The molecule has 23 heavy (non-hydrogen) atoms. The first-order valence-corrected chi connectivity index (χ1v) is 8.87. The van der Waals surface area contributed by atoms with E-state index in [0.29, 0.717) is 18.1 Å². The Hall–Kier alpha value is -1.73. The second-order valence-electron chi connectivity index (χ2n) is 6.23. The van der Waals surface area contributed by atoms with Crippen molar-refractivity contribution >= 4 is 22.2 Å². The highest BCUT2D eigenvalue weighted by atomic mass is 32.1. The maximum Gasteiger partial charge on any atom is 0.271 e. The number of carbonyl (C=O) groups excluding carboxylic acids is 1. The zero-order chi connectivity index (χ0) is 16.0. The van der Waals surface area contributed by atoms with E-state index in [-0.39, 0.29) is 29.2 Å². The van der Waals surface area contributed by atoms with Crippen molar-refractivity contribution in [2.24, 2.45) is 0 Å². The molecule has 1 saturated carbocycles. The summed E-state index contributed by atoms with van der Waals surface area (Å²) in [6.07, 6.45) is 7.49. The van der Waals surface area contributed by atoms with Gasteiger partial charge < -0.3 is 9.64 Å². The van der Waals surface area contributed by atoms with Crippen LogP contribution in [0.1, 0.15) is 40.9 Å². The Balaban J connectivity index is 1.70. The van der Waals surface area contributed by atoms with Gasteiger partial charge in [0.15, 0.2) is 4.96 Å². The standard InChI is InChI=1S/C16H19N3O3S/c1-10-9-19-15(21)11(8-17-16(19)23-10)14(20)18-6-7-22-13-5-3-2-4-12(13)18/h8-9,12-13H,2-7H2,1H3. The van der Waals surface area contributed by atoms with Crippen LogP contribution in [0.5, 0.6) is 0 Å². The Bertz CT molecular complexity index is 810. The second kappa shape index (κ2) is 5.72. The highest BCUT2D eigenvalue weighted by Gasteiger charge is 2.37. The fraction of sp³-hybridized carbons (Fsp3) is 0.562. The van der Waals surface area contributed by atoms with Crippen LogP contribution in [0.4, 0.5) is 0 Å². The van der Waals surface area contributed by atoms with Crippen LogP contribution in [0.25, 0.3) is 4.96 Å². The van der Waals surface area contributed by atoms with Crippen molar-refractivity contribution in [2.75, 3.05) is 13.2 Å². The average Bonchev–Trinajstić information content (AvgIpc) is 2.95. The lowest BCUT2D eigenvalue weighted by Crippen LogP contribution is -2.55. The van der Waals surface area contributed by atoms with Crippen molar-refractivity contribution in [2.45, 2.75) is 44.8 Å². The van der Waals surface area contributed by atoms with Crippen molar-refractivity contribution < 1.29 is 9.53 Å². The summed E-state index contributed by atoms with van der Waals surface area (Å²) in [4.78, 5) is 33.3. The molecule has 0 N–H and O–H groups in total. The normalized spacial score (nSPS) is 24.7. The molecule has 4 rings (SSSR count). The lowest BCUT2D eigenvalue weighted by Gasteiger charge is -2.43. The Morgan fingerprint density at radius 3 is 3.09 bits per heavy atom. The first-order chi connectivity index (χ1) is 11.1. The SMILES string of the molecule is Cc1cn2c(=O)c(C(=O)N3CCOC4CCCCC43)cnc2s1. The van der Waals surface area contributed by atoms with Gasteiger partial charge in [-0.15, -0.1) is 11.3 Å². The van der Waals surface area contributed by atoms with Crippen LogP contribution in [0.2, 0.25) is 0 Å². The number of hydrogen-bond acceptors (Lipinski definition) is 5. The van der Waals surface area contributed by atoms with Gasteiger partial charge in [-0.1, -0.05) is 12.8 Å². The van der Waals surface area contributed by atoms with Gasteiger partial charge in [-0.05, 0) is 19.8 Å². The second-order valence-corrected chi connectivity index (χ2v) is 7.44. The van der Waals surface area contributed by atoms with Gasteiger partial charge >= 0.3 is 0 Å². The summed E-state index contributed by atoms with van der Waals surface area (Å²) in [5, 5.41) is 0. The molecule has 0 bridgehead atoms. The van der Waals surface area contributed by atoms with Crippen LogP contribution in [0.3, 0.4) is 0 Å². The summed E-state index contributed by atoms with van der Waals surface area (Å²) in [5.74, 6) is -0.207. The molecule has 2 aromatic heterocycles. The molecule has 1 saturated heterocycles. The Kier molecular flexibility index (Phi) is 3.69. The van der Waals surface area contributed by atoms with Gasteiger partial charge in [0.2, 0.25) is 0 Å². The maximum atomic E-state index is 12.9. The molecule has 2 fully saturated rings. The molecule has 3 heterocycles. The molecule has 1 aliphatic carbocycles. The van der Waals surface area contributed by atoms with Crippen LogP contribution in [-0.4, -0.2) is 45.5 Å². The largest absolute Gasteiger partial charge is 0.374 e. The number of thiazole rings is 1. The minimum absolute atomic E-state index is 0.0920. The highest BCUT2D eigenvalue weighted by molar-refractivity contribution is 7.16. The van der Waals surface area contributed by atoms with Gasteiger partial charge in [-0.3, -0.25) is 14.0 Å². The summed E-state index contributed by atoms with van der Waals surface area (Å²) < 4.78 is 7.29. The maximum absolute atomic E-state index is 12.9. The van der Waals surface area contributed by atoms with Crippen molar-refractivity contribution in [3.05, 3.63) is 33.2 Å². The molecular formula is C16H19N3O3S. The molecule has 1 amide bonds. The van der Waals surface area contributed by atoms with E-state index in [9.17, 15) is 9.59 Å². The van der Waals surface area contributed by atoms with Crippen molar-refractivity contribution in [1.29, 1.82) is 0 Å². The number of ether oxygens (including phenoxy) is 1. The van der Waals surface area contributed by atoms with Gasteiger partial charge in [0, 0.05) is 23.8 Å². The van der Waals surface area contributed by atoms with Gasteiger partial charge in [0.1, 0.15) is 5.56 Å². The van der Waals surface area contributed by atoms with Crippen LogP contribution in [0, 0.1) is 6.92 Å². The minimum Gasteiger partial charge on any atom is -0.374 e. The average molecular weight is 333 g/mol. The van der Waals surface area contributed by atoms with E-state index in [1.54, 1.807) is 6.20 Å². The zero-order valence-electron chi connectivity index (χ0n) is 13.0. The molecule has 0 spiro atoms. The molecule has 2 unspecified atom stereocenters. The number of hydrogen-bond donors (Lipinski definition) is 0.